The summed E-state index contributed by atoms with van der Waals surface area (Å²) in [5.41, 5.74) is 2.75. The molecule has 0 N–H and O–H groups in total. The molecule has 0 aromatic heterocycles. The van der Waals surface area contributed by atoms with Gasteiger partial charge in [-0.15, -0.1) is 0 Å². The van der Waals surface area contributed by atoms with Crippen LogP contribution in [0, 0.1) is 0 Å². The number of hydrogen-bond donors (Lipinski definition) is 0. The molecular weight excluding hydrogens is 466 g/mol. The Bertz CT molecular complexity index is 1410. The van der Waals surface area contributed by atoms with Crippen molar-refractivity contribution < 1.29 is 14.3 Å². The molecule has 2 amide bonds. The summed E-state index contributed by atoms with van der Waals surface area (Å²) < 4.78 is 5.81. The maximum atomic E-state index is 13.0. The Kier molecular flexibility index (Phi) is 6.39. The van der Waals surface area contributed by atoms with Crippen LogP contribution in [0.25, 0.3) is 16.8 Å². The number of hydrogen-bond acceptors (Lipinski definition) is 4. The Labute approximate surface area is 206 Å². The lowest BCUT2D eigenvalue weighted by Gasteiger charge is -2.14. The topological polar surface area (TPSA) is 46.6 Å². The highest BCUT2D eigenvalue weighted by atomic mass is 35.5. The van der Waals surface area contributed by atoms with E-state index in [1.807, 2.05) is 91.0 Å². The van der Waals surface area contributed by atoms with Crippen LogP contribution in [0.15, 0.2) is 95.9 Å². The number of amides is 2. The lowest BCUT2D eigenvalue weighted by molar-refractivity contribution is -0.123. The largest absolute Gasteiger partial charge is 0.489 e. The van der Waals surface area contributed by atoms with E-state index in [9.17, 15) is 9.59 Å². The minimum atomic E-state index is -0.274. The molecule has 1 aliphatic rings. The van der Waals surface area contributed by atoms with E-state index in [1.54, 1.807) is 6.08 Å². The van der Waals surface area contributed by atoms with Crippen molar-refractivity contribution in [2.45, 2.75) is 13.2 Å². The number of rotatable bonds is 6. The van der Waals surface area contributed by atoms with E-state index in [0.717, 1.165) is 39.2 Å². The van der Waals surface area contributed by atoms with Gasteiger partial charge in [0.15, 0.2) is 0 Å². The third-order valence-electron chi connectivity index (χ3n) is 5.55. The molecule has 4 aromatic rings. The average Bonchev–Trinajstić information content (AvgIpc) is 3.11. The predicted molar refractivity (Wildman–Crippen MR) is 138 cm³/mol. The zero-order valence-electron chi connectivity index (χ0n) is 18.1. The molecule has 1 aliphatic heterocycles. The van der Waals surface area contributed by atoms with Crippen molar-refractivity contribution in [1.29, 1.82) is 0 Å². The van der Waals surface area contributed by atoms with Crippen LogP contribution in [0.1, 0.15) is 16.7 Å². The third kappa shape index (κ3) is 4.86. The second-order valence-electron chi connectivity index (χ2n) is 7.89. The summed E-state index contributed by atoms with van der Waals surface area (Å²) in [4.78, 5) is 27.3. The fraction of sp³-hybridized carbons (Fsp3) is 0.0714. The first-order valence-corrected chi connectivity index (χ1v) is 12.0. The molecule has 0 unspecified atom stereocenters. The van der Waals surface area contributed by atoms with Gasteiger partial charge in [-0.3, -0.25) is 14.5 Å². The van der Waals surface area contributed by atoms with Crippen molar-refractivity contribution in [3.63, 3.8) is 0 Å². The first-order chi connectivity index (χ1) is 16.6. The standard InChI is InChI=1S/C28H20ClNO3S/c29-23-9-3-5-20(15-23)18-33-24-13-11-19(12-14-24)16-26-27(31)30(28(32)34-26)17-22-8-4-7-21-6-1-2-10-25(21)22/h1-16H,17-18H2/b26-16-. The first-order valence-electron chi connectivity index (χ1n) is 10.8. The molecule has 1 fully saturated rings. The average molecular weight is 486 g/mol. The number of carbonyl (C=O) groups is 2. The van der Waals surface area contributed by atoms with E-state index in [-0.39, 0.29) is 17.7 Å². The molecule has 4 nitrogen and oxygen atoms in total. The number of nitrogens with zero attached hydrogens (tertiary/aromatic N) is 1. The molecule has 6 heteroatoms. The maximum absolute atomic E-state index is 13.0. The van der Waals surface area contributed by atoms with E-state index in [2.05, 4.69) is 0 Å². The number of carbonyl (C=O) groups excluding carboxylic acids is 2. The highest BCUT2D eigenvalue weighted by molar-refractivity contribution is 8.18. The Balaban J connectivity index is 1.28. The second-order valence-corrected chi connectivity index (χ2v) is 9.32. The van der Waals surface area contributed by atoms with Crippen LogP contribution in [0.5, 0.6) is 5.75 Å². The number of halogens is 1. The number of thioether (sulfide) groups is 1. The van der Waals surface area contributed by atoms with Crippen molar-refractivity contribution in [2.75, 3.05) is 0 Å². The number of ether oxygens (including phenoxy) is 1. The van der Waals surface area contributed by atoms with Gasteiger partial charge in [0.25, 0.3) is 11.1 Å². The van der Waals surface area contributed by atoms with Crippen LogP contribution in [0.2, 0.25) is 5.02 Å². The fourth-order valence-corrected chi connectivity index (χ4v) is 4.89. The van der Waals surface area contributed by atoms with Crippen LogP contribution in [-0.4, -0.2) is 16.0 Å². The van der Waals surface area contributed by atoms with Gasteiger partial charge in [-0.25, -0.2) is 0 Å². The zero-order chi connectivity index (χ0) is 23.5. The molecule has 1 saturated heterocycles. The highest BCUT2D eigenvalue weighted by Gasteiger charge is 2.35. The SMILES string of the molecule is O=C1S/C(=C\c2ccc(OCc3cccc(Cl)c3)cc2)C(=O)N1Cc1cccc2ccccc12. The Morgan fingerprint density at radius 2 is 1.65 bits per heavy atom. The summed E-state index contributed by atoms with van der Waals surface area (Å²) in [6.07, 6.45) is 1.74. The summed E-state index contributed by atoms with van der Waals surface area (Å²) >= 11 is 6.98. The van der Waals surface area contributed by atoms with E-state index >= 15 is 0 Å². The molecule has 0 radical (unpaired) electrons. The molecule has 0 bridgehead atoms. The number of imide groups is 1. The van der Waals surface area contributed by atoms with Crippen molar-refractivity contribution in [2.24, 2.45) is 0 Å². The Morgan fingerprint density at radius 3 is 2.47 bits per heavy atom. The molecule has 0 aliphatic carbocycles. The van der Waals surface area contributed by atoms with Crippen molar-refractivity contribution in [1.82, 2.24) is 4.90 Å². The first kappa shape index (κ1) is 22.3. The molecular formula is C28H20ClNO3S. The van der Waals surface area contributed by atoms with E-state index in [1.165, 1.54) is 4.90 Å². The lowest BCUT2D eigenvalue weighted by atomic mass is 10.0. The molecule has 4 aromatic carbocycles. The van der Waals surface area contributed by atoms with Crippen molar-refractivity contribution >= 4 is 51.4 Å². The van der Waals surface area contributed by atoms with E-state index in [0.29, 0.717) is 22.3 Å². The number of fused-ring (bicyclic) bond motifs is 1. The molecule has 1 heterocycles. The minimum Gasteiger partial charge on any atom is -0.489 e. The van der Waals surface area contributed by atoms with Gasteiger partial charge in [0, 0.05) is 5.02 Å². The normalized spacial score (nSPS) is 14.9. The molecule has 0 spiro atoms. The van der Waals surface area contributed by atoms with Crippen LogP contribution in [0.4, 0.5) is 4.79 Å². The summed E-state index contributed by atoms with van der Waals surface area (Å²) in [6, 6.07) is 28.8. The minimum absolute atomic E-state index is 0.250. The van der Waals surface area contributed by atoms with Gasteiger partial charge in [-0.05, 0) is 69.6 Å². The molecule has 5 rings (SSSR count). The summed E-state index contributed by atoms with van der Waals surface area (Å²) in [7, 11) is 0. The third-order valence-corrected chi connectivity index (χ3v) is 6.70. The van der Waals surface area contributed by atoms with Gasteiger partial charge < -0.3 is 4.74 Å². The van der Waals surface area contributed by atoms with Crippen molar-refractivity contribution in [3.05, 3.63) is 118 Å². The quantitative estimate of drug-likeness (QED) is 0.269. The monoisotopic (exact) mass is 485 g/mol. The van der Waals surface area contributed by atoms with Crippen LogP contribution >= 0.6 is 23.4 Å². The smallest absolute Gasteiger partial charge is 0.293 e. The maximum Gasteiger partial charge on any atom is 0.293 e. The van der Waals surface area contributed by atoms with Gasteiger partial charge >= 0.3 is 0 Å². The fourth-order valence-electron chi connectivity index (χ4n) is 3.84. The van der Waals surface area contributed by atoms with Crippen LogP contribution in [0.3, 0.4) is 0 Å². The highest BCUT2D eigenvalue weighted by Crippen LogP contribution is 2.34. The van der Waals surface area contributed by atoms with Gasteiger partial charge in [0.05, 0.1) is 11.4 Å². The Morgan fingerprint density at radius 1 is 0.882 bits per heavy atom. The zero-order valence-corrected chi connectivity index (χ0v) is 19.7. The molecule has 0 saturated carbocycles. The van der Waals surface area contributed by atoms with E-state index in [4.69, 9.17) is 16.3 Å². The summed E-state index contributed by atoms with van der Waals surface area (Å²) in [5.74, 6) is 0.436. The van der Waals surface area contributed by atoms with Crippen LogP contribution in [-0.2, 0) is 17.9 Å². The predicted octanol–water partition coefficient (Wildman–Crippen LogP) is 7.31. The molecule has 34 heavy (non-hydrogen) atoms. The second kappa shape index (κ2) is 9.75. The number of benzene rings is 4. The van der Waals surface area contributed by atoms with E-state index < -0.39 is 0 Å². The van der Waals surface area contributed by atoms with Gasteiger partial charge in [-0.2, -0.15) is 0 Å². The van der Waals surface area contributed by atoms with Gasteiger partial charge in [-0.1, -0.05) is 78.3 Å². The summed E-state index contributed by atoms with van der Waals surface area (Å²) in [5, 5.41) is 2.54. The van der Waals surface area contributed by atoms with Gasteiger partial charge in [0.2, 0.25) is 0 Å². The molecule has 168 valence electrons. The lowest BCUT2D eigenvalue weighted by Crippen LogP contribution is -2.27. The van der Waals surface area contributed by atoms with Crippen LogP contribution < -0.4 is 4.74 Å². The van der Waals surface area contributed by atoms with Crippen molar-refractivity contribution in [3.8, 4) is 5.75 Å². The van der Waals surface area contributed by atoms with Gasteiger partial charge in [0.1, 0.15) is 12.4 Å². The summed E-state index contributed by atoms with van der Waals surface area (Å²) in [6.45, 7) is 0.659. The molecule has 0 atom stereocenters. The Hall–Kier alpha value is -3.54.